The number of anilines is 1. The quantitative estimate of drug-likeness (QED) is 0.496. The summed E-state index contributed by atoms with van der Waals surface area (Å²) in [4.78, 5) is 0. The van der Waals surface area contributed by atoms with Crippen LogP contribution in [-0.4, -0.2) is 20.5 Å². The van der Waals surface area contributed by atoms with Crippen LogP contribution < -0.4 is 5.32 Å². The molecule has 0 aliphatic carbocycles. The van der Waals surface area contributed by atoms with Crippen molar-refractivity contribution < 1.29 is 9.68 Å². The van der Waals surface area contributed by atoms with Crippen LogP contribution in [0, 0.1) is 0 Å². The van der Waals surface area contributed by atoms with Crippen molar-refractivity contribution in [3.8, 4) is 0 Å². The highest BCUT2D eigenvalue weighted by atomic mass is 35.5. The Morgan fingerprint density at radius 1 is 1.00 bits per heavy atom. The number of nitrogens with zero attached hydrogens (tertiary/aromatic N) is 1. The molecule has 0 radical (unpaired) electrons. The van der Waals surface area contributed by atoms with Gasteiger partial charge >= 0.3 is 5.72 Å². The smallest absolute Gasteiger partial charge is 0.307 e. The van der Waals surface area contributed by atoms with Crippen LogP contribution in [0.25, 0.3) is 0 Å². The monoisotopic (exact) mass is 421 g/mol. The van der Waals surface area contributed by atoms with E-state index >= 15 is 0 Å². The molecule has 1 heterocycles. The molecule has 3 aromatic carbocycles. The maximum absolute atomic E-state index is 11.7. The Kier molecular flexibility index (Phi) is 5.76. The number of benzene rings is 3. The van der Waals surface area contributed by atoms with Crippen LogP contribution in [0.1, 0.15) is 12.5 Å². The summed E-state index contributed by atoms with van der Waals surface area (Å²) < 4.78 is 2.01. The van der Waals surface area contributed by atoms with Crippen molar-refractivity contribution >= 4 is 39.8 Å². The summed E-state index contributed by atoms with van der Waals surface area (Å²) in [5, 5.41) is 16.8. The van der Waals surface area contributed by atoms with Crippen molar-refractivity contribution in [1.29, 1.82) is 0 Å². The van der Waals surface area contributed by atoms with Crippen LogP contribution in [0.15, 0.2) is 96.7 Å². The Balaban J connectivity index is 1.75. The van der Waals surface area contributed by atoms with E-state index in [9.17, 15) is 5.11 Å². The second-order valence-electron chi connectivity index (χ2n) is 6.94. The summed E-state index contributed by atoms with van der Waals surface area (Å²) in [5.74, 6) is 0.548. The second-order valence-corrected chi connectivity index (χ2v) is 8.37. The molecule has 0 aromatic heterocycles. The third-order valence-electron chi connectivity index (χ3n) is 4.79. The van der Waals surface area contributed by atoms with E-state index in [4.69, 9.17) is 11.6 Å². The fourth-order valence-electron chi connectivity index (χ4n) is 3.41. The lowest BCUT2D eigenvalue weighted by atomic mass is 10.0. The van der Waals surface area contributed by atoms with Gasteiger partial charge in [0.15, 0.2) is 0 Å². The molecule has 146 valence electrons. The van der Waals surface area contributed by atoms with Crippen molar-refractivity contribution in [2.45, 2.75) is 12.6 Å². The molecule has 3 nitrogen and oxygen atoms in total. The summed E-state index contributed by atoms with van der Waals surface area (Å²) >= 11 is 7.62. The molecule has 0 fully saturated rings. The van der Waals surface area contributed by atoms with Gasteiger partial charge in [0.1, 0.15) is 5.75 Å². The van der Waals surface area contributed by atoms with Crippen molar-refractivity contribution in [3.05, 3.63) is 107 Å². The lowest BCUT2D eigenvalue weighted by Crippen LogP contribution is -2.36. The van der Waals surface area contributed by atoms with Gasteiger partial charge in [0, 0.05) is 34.6 Å². The highest BCUT2D eigenvalue weighted by Crippen LogP contribution is 2.39. The molecule has 0 unspecified atom stereocenters. The van der Waals surface area contributed by atoms with Crippen LogP contribution in [0.5, 0.6) is 0 Å². The lowest BCUT2D eigenvalue weighted by Gasteiger charge is -2.20. The SMILES string of the molecule is C/C(=C/C1=[N+](c2ccccc2)[C@](O)(c2ccccc2)CS1)Nc1ccc(Cl)cc1. The highest BCUT2D eigenvalue weighted by molar-refractivity contribution is 8.14. The van der Waals surface area contributed by atoms with Gasteiger partial charge in [0.25, 0.3) is 0 Å². The molecular weight excluding hydrogens is 400 g/mol. The molecule has 1 aliphatic heterocycles. The third kappa shape index (κ3) is 4.25. The number of hydrogen-bond acceptors (Lipinski definition) is 3. The minimum atomic E-state index is -1.11. The first kappa shape index (κ1) is 19.8. The van der Waals surface area contributed by atoms with Gasteiger partial charge in [-0.3, -0.25) is 0 Å². The number of hydrogen-bond donors (Lipinski definition) is 2. The second kappa shape index (κ2) is 8.46. The van der Waals surface area contributed by atoms with Gasteiger partial charge in [-0.05, 0) is 55.1 Å². The fourth-order valence-corrected chi connectivity index (χ4v) is 4.83. The van der Waals surface area contributed by atoms with E-state index in [-0.39, 0.29) is 0 Å². The average Bonchev–Trinajstić information content (AvgIpc) is 3.08. The molecule has 0 saturated heterocycles. The topological polar surface area (TPSA) is 35.3 Å². The summed E-state index contributed by atoms with van der Waals surface area (Å²) in [6.45, 7) is 2.02. The molecule has 0 saturated carbocycles. The number of rotatable bonds is 5. The van der Waals surface area contributed by atoms with E-state index in [2.05, 4.69) is 11.4 Å². The number of halogens is 1. The minimum absolute atomic E-state index is 0.548. The predicted molar refractivity (Wildman–Crippen MR) is 123 cm³/mol. The third-order valence-corrected chi connectivity index (χ3v) is 6.18. The maximum Gasteiger partial charge on any atom is 0.307 e. The molecule has 0 amide bonds. The number of thioether (sulfide) groups is 1. The molecule has 2 N–H and O–H groups in total. The summed E-state index contributed by atoms with van der Waals surface area (Å²) in [5.41, 5.74) is 2.67. The Bertz CT molecular complexity index is 1050. The van der Waals surface area contributed by atoms with E-state index in [0.717, 1.165) is 27.7 Å². The predicted octanol–water partition coefficient (Wildman–Crippen LogP) is 5.99. The van der Waals surface area contributed by atoms with E-state index < -0.39 is 5.72 Å². The van der Waals surface area contributed by atoms with E-state index in [1.807, 2.05) is 96.4 Å². The first-order valence-corrected chi connectivity index (χ1v) is 10.8. The molecule has 3 aromatic rings. The van der Waals surface area contributed by atoms with Gasteiger partial charge in [-0.2, -0.15) is 4.58 Å². The van der Waals surface area contributed by atoms with E-state index in [1.54, 1.807) is 11.8 Å². The summed E-state index contributed by atoms with van der Waals surface area (Å²) in [6.07, 6.45) is 2.08. The van der Waals surface area contributed by atoms with Crippen LogP contribution in [0.3, 0.4) is 0 Å². The van der Waals surface area contributed by atoms with Crippen LogP contribution >= 0.6 is 23.4 Å². The van der Waals surface area contributed by atoms with Gasteiger partial charge < -0.3 is 10.4 Å². The standard InChI is InChI=1S/C24H21ClN2OS/c1-18(26-21-14-12-20(25)13-15-21)16-23-27(22-10-6-3-7-11-22)24(28,17-29-23)19-8-4-2-5-9-19/h2-16,28H,17H2,1H3/p+1/t24-/m1/s1. The summed E-state index contributed by atoms with van der Waals surface area (Å²) in [6, 6.07) is 27.5. The van der Waals surface area contributed by atoms with Crippen LogP contribution in [-0.2, 0) is 5.72 Å². The number of para-hydroxylation sites is 1. The first-order chi connectivity index (χ1) is 14.1. The zero-order valence-corrected chi connectivity index (χ0v) is 17.6. The highest BCUT2D eigenvalue weighted by Gasteiger charge is 2.50. The number of nitrogens with one attached hydrogen (secondary N) is 1. The normalized spacial score (nSPS) is 19.5. The van der Waals surface area contributed by atoms with Crippen LogP contribution in [0.2, 0.25) is 5.02 Å². The fraction of sp³-hybridized carbons (Fsp3) is 0.125. The van der Waals surface area contributed by atoms with Crippen LogP contribution in [0.4, 0.5) is 11.4 Å². The molecule has 4 rings (SSSR count). The van der Waals surface area contributed by atoms with E-state index in [0.29, 0.717) is 10.8 Å². The minimum Gasteiger partial charge on any atom is -0.359 e. The number of aliphatic hydroxyl groups is 1. The van der Waals surface area contributed by atoms with Crippen molar-refractivity contribution in [2.75, 3.05) is 11.1 Å². The van der Waals surface area contributed by atoms with E-state index in [1.165, 1.54) is 0 Å². The Morgan fingerprint density at radius 2 is 1.62 bits per heavy atom. The molecule has 29 heavy (non-hydrogen) atoms. The van der Waals surface area contributed by atoms with Gasteiger partial charge in [-0.15, -0.1) is 0 Å². The van der Waals surface area contributed by atoms with Gasteiger partial charge in [0.2, 0.25) is 10.7 Å². The van der Waals surface area contributed by atoms with Gasteiger partial charge in [-0.25, -0.2) is 0 Å². The Morgan fingerprint density at radius 3 is 2.28 bits per heavy atom. The number of allylic oxidation sites excluding steroid dienone is 1. The van der Waals surface area contributed by atoms with Gasteiger partial charge in [0.05, 0.1) is 5.56 Å². The van der Waals surface area contributed by atoms with Gasteiger partial charge in [-0.1, -0.05) is 48.0 Å². The first-order valence-electron chi connectivity index (χ1n) is 9.40. The summed E-state index contributed by atoms with van der Waals surface area (Å²) in [7, 11) is 0. The Hall–Kier alpha value is -2.53. The largest absolute Gasteiger partial charge is 0.359 e. The molecule has 5 heteroatoms. The molecule has 1 aliphatic rings. The zero-order chi connectivity index (χ0) is 20.3. The average molecular weight is 422 g/mol. The molecule has 0 spiro atoms. The van der Waals surface area contributed by atoms with Crippen molar-refractivity contribution in [2.24, 2.45) is 0 Å². The maximum atomic E-state index is 11.7. The molecule has 1 atom stereocenters. The zero-order valence-electron chi connectivity index (χ0n) is 16.0. The molecular formula is C24H22ClN2OS+. The Labute approximate surface area is 180 Å². The van der Waals surface area contributed by atoms with Crippen molar-refractivity contribution in [3.63, 3.8) is 0 Å². The lowest BCUT2D eigenvalue weighted by molar-refractivity contribution is -0.592. The molecule has 0 bridgehead atoms. The van der Waals surface area contributed by atoms with Crippen molar-refractivity contribution in [1.82, 2.24) is 0 Å².